The van der Waals surface area contributed by atoms with E-state index < -0.39 is 0 Å². The van der Waals surface area contributed by atoms with Gasteiger partial charge in [-0.1, -0.05) is 18.5 Å². The summed E-state index contributed by atoms with van der Waals surface area (Å²) >= 11 is 9.32. The third-order valence-electron chi connectivity index (χ3n) is 3.12. The number of rotatable bonds is 1. The monoisotopic (exact) mass is 330 g/mol. The minimum absolute atomic E-state index is 0.0417. The minimum Gasteiger partial charge on any atom is -0.324 e. The third kappa shape index (κ3) is 3.39. The Bertz CT molecular complexity index is 453. The van der Waals surface area contributed by atoms with E-state index in [-0.39, 0.29) is 6.03 Å². The summed E-state index contributed by atoms with van der Waals surface area (Å²) in [4.78, 5) is 13.9. The number of benzene rings is 1. The molecule has 1 saturated heterocycles. The molecular formula is C13H16BrClN2O. The predicted molar refractivity (Wildman–Crippen MR) is 78.1 cm³/mol. The molecule has 1 aromatic carbocycles. The van der Waals surface area contributed by atoms with Gasteiger partial charge in [-0.3, -0.25) is 0 Å². The van der Waals surface area contributed by atoms with Gasteiger partial charge in [-0.2, -0.15) is 0 Å². The first-order chi connectivity index (χ1) is 8.56. The van der Waals surface area contributed by atoms with Gasteiger partial charge in [0.15, 0.2) is 0 Å². The molecule has 1 N–H and O–H groups in total. The van der Waals surface area contributed by atoms with E-state index in [1.807, 2.05) is 17.0 Å². The summed E-state index contributed by atoms with van der Waals surface area (Å²) in [5.41, 5.74) is 0.728. The van der Waals surface area contributed by atoms with Crippen molar-refractivity contribution in [3.8, 4) is 0 Å². The van der Waals surface area contributed by atoms with Crippen LogP contribution >= 0.6 is 27.5 Å². The second kappa shape index (κ2) is 5.93. The molecule has 1 heterocycles. The fraction of sp³-hybridized carbons (Fsp3) is 0.462. The van der Waals surface area contributed by atoms with E-state index in [0.29, 0.717) is 10.9 Å². The first-order valence-electron chi connectivity index (χ1n) is 6.07. The number of hydrogen-bond acceptors (Lipinski definition) is 1. The Kier molecular flexibility index (Phi) is 4.51. The summed E-state index contributed by atoms with van der Waals surface area (Å²) in [5.74, 6) is 0.581. The van der Waals surface area contributed by atoms with Crippen LogP contribution in [-0.4, -0.2) is 24.0 Å². The van der Waals surface area contributed by atoms with Gasteiger partial charge in [-0.05, 0) is 52.9 Å². The highest BCUT2D eigenvalue weighted by Crippen LogP contribution is 2.26. The van der Waals surface area contributed by atoms with E-state index in [9.17, 15) is 4.79 Å². The Balaban J connectivity index is 2.00. The predicted octanol–water partition coefficient (Wildman–Crippen LogP) is 4.37. The quantitative estimate of drug-likeness (QED) is 0.814. The average Bonchev–Trinajstić information content (AvgIpc) is 2.34. The molecule has 0 aromatic heterocycles. The van der Waals surface area contributed by atoms with Crippen LogP contribution in [0.5, 0.6) is 0 Å². The fourth-order valence-electron chi connectivity index (χ4n) is 2.15. The molecule has 18 heavy (non-hydrogen) atoms. The zero-order chi connectivity index (χ0) is 13.1. The number of carbonyl (C=O) groups is 1. The number of hydrogen-bond donors (Lipinski definition) is 1. The van der Waals surface area contributed by atoms with Crippen LogP contribution < -0.4 is 5.32 Å². The topological polar surface area (TPSA) is 32.3 Å². The van der Waals surface area contributed by atoms with Crippen molar-refractivity contribution in [1.82, 2.24) is 4.90 Å². The Hall–Kier alpha value is -0.740. The molecule has 0 aliphatic carbocycles. The average molecular weight is 332 g/mol. The lowest BCUT2D eigenvalue weighted by Crippen LogP contribution is -2.41. The van der Waals surface area contributed by atoms with Crippen LogP contribution in [0, 0.1) is 5.92 Å². The van der Waals surface area contributed by atoms with Crippen LogP contribution in [0.1, 0.15) is 19.8 Å². The van der Waals surface area contributed by atoms with Crippen LogP contribution in [0.2, 0.25) is 5.02 Å². The SMILES string of the molecule is CC1CCCN(C(=O)Nc2ccc(Br)c(Cl)c2)C1. The van der Waals surface area contributed by atoms with Gasteiger partial charge in [0.25, 0.3) is 0 Å². The maximum absolute atomic E-state index is 12.1. The summed E-state index contributed by atoms with van der Waals surface area (Å²) in [5, 5.41) is 3.48. The van der Waals surface area contributed by atoms with Crippen LogP contribution in [-0.2, 0) is 0 Å². The first kappa shape index (κ1) is 13.7. The van der Waals surface area contributed by atoms with Gasteiger partial charge >= 0.3 is 6.03 Å². The Morgan fingerprint density at radius 1 is 1.56 bits per heavy atom. The molecule has 1 fully saturated rings. The molecule has 1 atom stereocenters. The second-order valence-electron chi connectivity index (χ2n) is 4.75. The fourth-order valence-corrected chi connectivity index (χ4v) is 2.58. The van der Waals surface area contributed by atoms with Crippen molar-refractivity contribution >= 4 is 39.2 Å². The number of anilines is 1. The molecule has 2 rings (SSSR count). The van der Waals surface area contributed by atoms with Crippen molar-refractivity contribution in [3.63, 3.8) is 0 Å². The van der Waals surface area contributed by atoms with Crippen molar-refractivity contribution in [2.45, 2.75) is 19.8 Å². The van der Waals surface area contributed by atoms with Gasteiger partial charge in [-0.15, -0.1) is 0 Å². The Morgan fingerprint density at radius 3 is 3.00 bits per heavy atom. The number of piperidine rings is 1. The van der Waals surface area contributed by atoms with Gasteiger partial charge in [0.05, 0.1) is 5.02 Å². The van der Waals surface area contributed by atoms with E-state index in [4.69, 9.17) is 11.6 Å². The molecule has 1 aliphatic rings. The number of urea groups is 1. The van der Waals surface area contributed by atoms with Gasteiger partial charge in [0.2, 0.25) is 0 Å². The highest BCUT2D eigenvalue weighted by molar-refractivity contribution is 9.10. The number of nitrogens with one attached hydrogen (secondary N) is 1. The number of carbonyl (C=O) groups excluding carboxylic acids is 1. The lowest BCUT2D eigenvalue weighted by molar-refractivity contribution is 0.182. The van der Waals surface area contributed by atoms with Gasteiger partial charge in [-0.25, -0.2) is 4.79 Å². The van der Waals surface area contributed by atoms with E-state index in [1.54, 1.807) is 6.07 Å². The third-order valence-corrected chi connectivity index (χ3v) is 4.35. The molecule has 1 aromatic rings. The van der Waals surface area contributed by atoms with Crippen molar-refractivity contribution in [1.29, 1.82) is 0 Å². The second-order valence-corrected chi connectivity index (χ2v) is 6.01. The number of likely N-dealkylation sites (tertiary alicyclic amines) is 1. The number of nitrogens with zero attached hydrogens (tertiary/aromatic N) is 1. The molecule has 0 bridgehead atoms. The minimum atomic E-state index is -0.0417. The maximum Gasteiger partial charge on any atom is 0.321 e. The van der Waals surface area contributed by atoms with Crippen LogP contribution in [0.15, 0.2) is 22.7 Å². The maximum atomic E-state index is 12.1. The Labute approximate surface area is 121 Å². The lowest BCUT2D eigenvalue weighted by Gasteiger charge is -2.30. The van der Waals surface area contributed by atoms with Gasteiger partial charge in [0.1, 0.15) is 0 Å². The molecule has 5 heteroatoms. The zero-order valence-corrected chi connectivity index (χ0v) is 12.6. The molecule has 0 radical (unpaired) electrons. The highest BCUT2D eigenvalue weighted by Gasteiger charge is 2.20. The van der Waals surface area contributed by atoms with E-state index >= 15 is 0 Å². The lowest BCUT2D eigenvalue weighted by atomic mass is 10.0. The summed E-state index contributed by atoms with van der Waals surface area (Å²) in [6, 6.07) is 5.37. The first-order valence-corrected chi connectivity index (χ1v) is 7.24. The van der Waals surface area contributed by atoms with Gasteiger partial charge in [0, 0.05) is 23.2 Å². The van der Waals surface area contributed by atoms with E-state index in [2.05, 4.69) is 28.2 Å². The van der Waals surface area contributed by atoms with E-state index in [1.165, 1.54) is 6.42 Å². The van der Waals surface area contributed by atoms with Gasteiger partial charge < -0.3 is 10.2 Å². The molecule has 0 saturated carbocycles. The Morgan fingerprint density at radius 2 is 2.33 bits per heavy atom. The smallest absolute Gasteiger partial charge is 0.321 e. The number of halogens is 2. The number of amides is 2. The molecule has 1 unspecified atom stereocenters. The van der Waals surface area contributed by atoms with Crippen LogP contribution in [0.4, 0.5) is 10.5 Å². The van der Waals surface area contributed by atoms with Crippen LogP contribution in [0.25, 0.3) is 0 Å². The van der Waals surface area contributed by atoms with Crippen molar-refractivity contribution in [3.05, 3.63) is 27.7 Å². The summed E-state index contributed by atoms with van der Waals surface area (Å²) in [6.45, 7) is 3.84. The molecule has 2 amide bonds. The van der Waals surface area contributed by atoms with E-state index in [0.717, 1.165) is 29.7 Å². The summed E-state index contributed by atoms with van der Waals surface area (Å²) in [7, 11) is 0. The standard InChI is InChI=1S/C13H16BrClN2O/c1-9-3-2-6-17(8-9)13(18)16-10-4-5-11(14)12(15)7-10/h4-5,7,9H,2-3,6,8H2,1H3,(H,16,18). The summed E-state index contributed by atoms with van der Waals surface area (Å²) in [6.07, 6.45) is 2.28. The van der Waals surface area contributed by atoms with Crippen LogP contribution in [0.3, 0.4) is 0 Å². The summed E-state index contributed by atoms with van der Waals surface area (Å²) < 4.78 is 0.828. The molecular weight excluding hydrogens is 316 g/mol. The zero-order valence-electron chi connectivity index (χ0n) is 10.2. The largest absolute Gasteiger partial charge is 0.324 e. The highest BCUT2D eigenvalue weighted by atomic mass is 79.9. The van der Waals surface area contributed by atoms with Crippen molar-refractivity contribution in [2.75, 3.05) is 18.4 Å². The molecule has 1 aliphatic heterocycles. The molecule has 3 nitrogen and oxygen atoms in total. The molecule has 98 valence electrons. The van der Waals surface area contributed by atoms with Crippen molar-refractivity contribution in [2.24, 2.45) is 5.92 Å². The van der Waals surface area contributed by atoms with Crippen molar-refractivity contribution < 1.29 is 4.79 Å². The molecule has 0 spiro atoms. The normalized spacial score (nSPS) is 19.7.